The molecule has 2 aromatic heterocycles. The summed E-state index contributed by atoms with van der Waals surface area (Å²) in [6, 6.07) is 12.8. The second-order valence-electron chi connectivity index (χ2n) is 6.01. The summed E-state index contributed by atoms with van der Waals surface area (Å²) in [5, 5.41) is 6.30. The van der Waals surface area contributed by atoms with Gasteiger partial charge in [-0.15, -0.1) is 11.3 Å². The Hall–Kier alpha value is -2.02. The van der Waals surface area contributed by atoms with Gasteiger partial charge in [0.1, 0.15) is 11.9 Å². The summed E-state index contributed by atoms with van der Waals surface area (Å²) < 4.78 is 21.3. The molecule has 0 aliphatic rings. The second kappa shape index (κ2) is 8.38. The molecule has 3 aromatic rings. The monoisotopic (exact) mass is 359 g/mol. The highest BCUT2D eigenvalue weighted by atomic mass is 32.1. The predicted octanol–water partition coefficient (Wildman–Crippen LogP) is 3.86. The minimum atomic E-state index is -0.198. The first-order valence-electron chi connectivity index (χ1n) is 8.19. The molecule has 0 bridgehead atoms. The average Bonchev–Trinajstić information content (AvgIpc) is 3.24. The number of thiophene rings is 1. The Morgan fingerprint density at radius 2 is 2.16 bits per heavy atom. The van der Waals surface area contributed by atoms with Crippen molar-refractivity contribution in [2.75, 3.05) is 20.2 Å². The highest BCUT2D eigenvalue weighted by Gasteiger charge is 2.19. The highest BCUT2D eigenvalue weighted by molar-refractivity contribution is 7.10. The summed E-state index contributed by atoms with van der Waals surface area (Å²) in [5.41, 5.74) is 2.00. The van der Waals surface area contributed by atoms with Crippen molar-refractivity contribution in [2.24, 2.45) is 7.05 Å². The number of ether oxygens (including phenoxy) is 1. The molecule has 1 aromatic carbocycles. The fourth-order valence-corrected chi connectivity index (χ4v) is 3.53. The molecular formula is C19H22FN3OS. The molecule has 0 N–H and O–H groups in total. The van der Waals surface area contributed by atoms with Gasteiger partial charge >= 0.3 is 0 Å². The molecule has 132 valence electrons. The van der Waals surface area contributed by atoms with Gasteiger partial charge in [0.15, 0.2) is 0 Å². The van der Waals surface area contributed by atoms with Crippen LogP contribution in [0.4, 0.5) is 4.39 Å². The number of rotatable bonds is 8. The van der Waals surface area contributed by atoms with Gasteiger partial charge in [-0.2, -0.15) is 5.10 Å². The van der Waals surface area contributed by atoms with Gasteiger partial charge in [0, 0.05) is 31.2 Å². The lowest BCUT2D eigenvalue weighted by Gasteiger charge is -2.21. The summed E-state index contributed by atoms with van der Waals surface area (Å²) >= 11 is 1.68. The molecule has 0 radical (unpaired) electrons. The Morgan fingerprint density at radius 1 is 1.28 bits per heavy atom. The van der Waals surface area contributed by atoms with Crippen LogP contribution in [0.1, 0.15) is 22.2 Å². The van der Waals surface area contributed by atoms with E-state index >= 15 is 0 Å². The maximum atomic E-state index is 13.3. The molecule has 0 fully saturated rings. The third kappa shape index (κ3) is 4.75. The third-order valence-corrected chi connectivity index (χ3v) is 4.94. The Morgan fingerprint density at radius 3 is 2.84 bits per heavy atom. The predicted molar refractivity (Wildman–Crippen MR) is 98.1 cm³/mol. The molecule has 1 unspecified atom stereocenters. The molecule has 0 saturated heterocycles. The van der Waals surface area contributed by atoms with Gasteiger partial charge in [-0.3, -0.25) is 9.58 Å². The van der Waals surface area contributed by atoms with Gasteiger partial charge in [0.25, 0.3) is 0 Å². The van der Waals surface area contributed by atoms with E-state index in [4.69, 9.17) is 4.74 Å². The molecule has 1 atom stereocenters. The number of benzene rings is 1. The molecule has 4 nitrogen and oxygen atoms in total. The number of aryl methyl sites for hydroxylation is 1. The molecule has 0 spiro atoms. The maximum absolute atomic E-state index is 13.3. The topological polar surface area (TPSA) is 30.3 Å². The van der Waals surface area contributed by atoms with Gasteiger partial charge in [0.2, 0.25) is 0 Å². The summed E-state index contributed by atoms with van der Waals surface area (Å²) in [4.78, 5) is 3.29. The van der Waals surface area contributed by atoms with E-state index < -0.39 is 0 Å². The molecule has 0 saturated carbocycles. The van der Waals surface area contributed by atoms with E-state index in [2.05, 4.69) is 21.4 Å². The van der Waals surface area contributed by atoms with Crippen LogP contribution in [0.2, 0.25) is 0 Å². The van der Waals surface area contributed by atoms with E-state index in [1.54, 1.807) is 29.7 Å². The number of hydrogen-bond acceptors (Lipinski definition) is 4. The van der Waals surface area contributed by atoms with Crippen LogP contribution in [0.3, 0.4) is 0 Å². The van der Waals surface area contributed by atoms with Crippen LogP contribution < -0.4 is 0 Å². The van der Waals surface area contributed by atoms with Gasteiger partial charge in [-0.1, -0.05) is 18.2 Å². The van der Waals surface area contributed by atoms with Gasteiger partial charge in [-0.05, 0) is 42.3 Å². The lowest BCUT2D eigenvalue weighted by molar-refractivity contribution is 0.0609. The Bertz CT molecular complexity index is 788. The lowest BCUT2D eigenvalue weighted by Crippen LogP contribution is -2.24. The van der Waals surface area contributed by atoms with Crippen molar-refractivity contribution in [3.05, 3.63) is 76.0 Å². The molecule has 0 aliphatic carbocycles. The third-order valence-electron chi connectivity index (χ3n) is 4.03. The first-order chi connectivity index (χ1) is 12.1. The first kappa shape index (κ1) is 17.8. The standard InChI is InChI=1S/C19H22FN3OS/c1-22(14-15-5-3-6-16(20)13-15)10-11-24-19(18-7-4-12-25-18)17-8-9-21-23(17)2/h3-9,12-13,19H,10-11,14H2,1-2H3. The molecule has 25 heavy (non-hydrogen) atoms. The van der Waals surface area contributed by atoms with Crippen molar-refractivity contribution in [1.29, 1.82) is 0 Å². The van der Waals surface area contributed by atoms with Crippen molar-refractivity contribution in [2.45, 2.75) is 12.6 Å². The van der Waals surface area contributed by atoms with E-state index in [-0.39, 0.29) is 11.9 Å². The summed E-state index contributed by atoms with van der Waals surface area (Å²) in [6.07, 6.45) is 1.67. The zero-order valence-corrected chi connectivity index (χ0v) is 15.2. The summed E-state index contributed by atoms with van der Waals surface area (Å²) in [7, 11) is 3.94. The van der Waals surface area contributed by atoms with Crippen LogP contribution in [0, 0.1) is 5.82 Å². The molecule has 0 aliphatic heterocycles. The van der Waals surface area contributed by atoms with Crippen molar-refractivity contribution in [3.63, 3.8) is 0 Å². The Kier molecular flexibility index (Phi) is 5.96. The minimum Gasteiger partial charge on any atom is -0.365 e. The zero-order chi connectivity index (χ0) is 17.6. The Balaban J connectivity index is 1.57. The van der Waals surface area contributed by atoms with Crippen LogP contribution in [0.15, 0.2) is 54.0 Å². The van der Waals surface area contributed by atoms with Crippen molar-refractivity contribution in [3.8, 4) is 0 Å². The molecule has 6 heteroatoms. The molecular weight excluding hydrogens is 337 g/mol. The number of hydrogen-bond donors (Lipinski definition) is 0. The molecule has 3 rings (SSSR count). The number of nitrogens with zero attached hydrogens (tertiary/aromatic N) is 3. The van der Waals surface area contributed by atoms with E-state index in [9.17, 15) is 4.39 Å². The van der Waals surface area contributed by atoms with E-state index in [1.807, 2.05) is 37.0 Å². The SMILES string of the molecule is CN(CCOC(c1cccs1)c1ccnn1C)Cc1cccc(F)c1. The molecule has 2 heterocycles. The van der Waals surface area contributed by atoms with Crippen LogP contribution in [0.25, 0.3) is 0 Å². The minimum absolute atomic E-state index is 0.116. The van der Waals surface area contributed by atoms with E-state index in [0.29, 0.717) is 13.2 Å². The largest absolute Gasteiger partial charge is 0.365 e. The first-order valence-corrected chi connectivity index (χ1v) is 9.07. The molecule has 0 amide bonds. The lowest BCUT2D eigenvalue weighted by atomic mass is 10.2. The maximum Gasteiger partial charge on any atom is 0.133 e. The fraction of sp³-hybridized carbons (Fsp3) is 0.316. The van der Waals surface area contributed by atoms with Crippen LogP contribution >= 0.6 is 11.3 Å². The van der Waals surface area contributed by atoms with Gasteiger partial charge in [0.05, 0.1) is 12.3 Å². The summed E-state index contributed by atoms with van der Waals surface area (Å²) in [5.74, 6) is -0.198. The smallest absolute Gasteiger partial charge is 0.133 e. The van der Waals surface area contributed by atoms with Crippen molar-refractivity contribution < 1.29 is 9.13 Å². The normalized spacial score (nSPS) is 12.6. The summed E-state index contributed by atoms with van der Waals surface area (Å²) in [6.45, 7) is 2.03. The van der Waals surface area contributed by atoms with Crippen LogP contribution in [-0.4, -0.2) is 34.9 Å². The second-order valence-corrected chi connectivity index (χ2v) is 6.99. The number of aromatic nitrogens is 2. The average molecular weight is 359 g/mol. The van der Waals surface area contributed by atoms with E-state index in [1.165, 1.54) is 6.07 Å². The number of halogens is 1. The van der Waals surface area contributed by atoms with Crippen molar-refractivity contribution >= 4 is 11.3 Å². The van der Waals surface area contributed by atoms with Crippen LogP contribution in [0.5, 0.6) is 0 Å². The number of likely N-dealkylation sites (N-methyl/N-ethyl adjacent to an activating group) is 1. The van der Waals surface area contributed by atoms with Crippen LogP contribution in [-0.2, 0) is 18.3 Å². The van der Waals surface area contributed by atoms with E-state index in [0.717, 1.165) is 22.7 Å². The zero-order valence-electron chi connectivity index (χ0n) is 14.4. The van der Waals surface area contributed by atoms with Gasteiger partial charge in [-0.25, -0.2) is 4.39 Å². The van der Waals surface area contributed by atoms with Crippen molar-refractivity contribution in [1.82, 2.24) is 14.7 Å². The van der Waals surface area contributed by atoms with Gasteiger partial charge < -0.3 is 4.74 Å². The fourth-order valence-electron chi connectivity index (χ4n) is 2.75. The highest BCUT2D eigenvalue weighted by Crippen LogP contribution is 2.29. The quantitative estimate of drug-likeness (QED) is 0.612. The Labute approximate surface area is 151 Å².